The van der Waals surface area contributed by atoms with Gasteiger partial charge in [0.05, 0.1) is 23.3 Å². The van der Waals surface area contributed by atoms with Crippen molar-refractivity contribution in [3.8, 4) is 11.1 Å². The lowest BCUT2D eigenvalue weighted by molar-refractivity contribution is 0.245. The van der Waals surface area contributed by atoms with Crippen LogP contribution >= 0.6 is 11.6 Å². The summed E-state index contributed by atoms with van der Waals surface area (Å²) in [5.41, 5.74) is 1.89. The Morgan fingerprint density at radius 3 is 2.22 bits per heavy atom. The first kappa shape index (κ1) is 18.2. The van der Waals surface area contributed by atoms with Gasteiger partial charge in [-0.05, 0) is 48.2 Å². The van der Waals surface area contributed by atoms with E-state index in [1.54, 1.807) is 33.6 Å². The average molecular weight is 403 g/mol. The van der Waals surface area contributed by atoms with Gasteiger partial charge < -0.3 is 0 Å². The number of benzene rings is 2. The second-order valence-electron chi connectivity index (χ2n) is 6.52. The number of hydrogen-bond donors (Lipinski definition) is 0. The van der Waals surface area contributed by atoms with Crippen molar-refractivity contribution in [3.05, 3.63) is 65.9 Å². The highest BCUT2D eigenvalue weighted by Gasteiger charge is 2.30. The molecule has 0 unspecified atom stereocenters. The van der Waals surface area contributed by atoms with Crippen molar-refractivity contribution in [2.45, 2.75) is 23.8 Å². The summed E-state index contributed by atoms with van der Waals surface area (Å²) in [4.78, 5) is 1.98. The maximum Gasteiger partial charge on any atom is 0.243 e. The summed E-state index contributed by atoms with van der Waals surface area (Å²) in [7, 11) is -3.50. The molecule has 6 nitrogen and oxygen atoms in total. The normalized spacial score (nSPS) is 16.5. The zero-order chi connectivity index (χ0) is 18.9. The summed E-state index contributed by atoms with van der Waals surface area (Å²) in [6.45, 7) is 0.926. The molecule has 2 aromatic carbocycles. The molecule has 0 aliphatic carbocycles. The maximum atomic E-state index is 12.9. The Labute approximate surface area is 163 Å². The second-order valence-corrected chi connectivity index (χ2v) is 8.89. The van der Waals surface area contributed by atoms with Crippen molar-refractivity contribution < 1.29 is 8.42 Å². The number of hydrogen-bond acceptors (Lipinski definition) is 4. The van der Waals surface area contributed by atoms with Gasteiger partial charge in [0.2, 0.25) is 10.0 Å². The zero-order valence-corrected chi connectivity index (χ0v) is 16.1. The Morgan fingerprint density at radius 1 is 0.926 bits per heavy atom. The number of halogens is 1. The van der Waals surface area contributed by atoms with E-state index in [0.717, 1.165) is 11.1 Å². The Kier molecular flexibility index (Phi) is 4.99. The lowest BCUT2D eigenvalue weighted by Crippen LogP contribution is -2.39. The summed E-state index contributed by atoms with van der Waals surface area (Å²) in [5.74, 6) is 0. The number of rotatable bonds is 4. The predicted molar refractivity (Wildman–Crippen MR) is 104 cm³/mol. The van der Waals surface area contributed by atoms with Gasteiger partial charge in [-0.3, -0.25) is 0 Å². The first-order chi connectivity index (χ1) is 13.0. The van der Waals surface area contributed by atoms with Crippen LogP contribution in [0.1, 0.15) is 18.9 Å². The molecule has 0 amide bonds. The van der Waals surface area contributed by atoms with Crippen molar-refractivity contribution in [2.24, 2.45) is 0 Å². The van der Waals surface area contributed by atoms with Crippen LogP contribution in [-0.4, -0.2) is 40.8 Å². The van der Waals surface area contributed by atoms with E-state index in [1.165, 1.54) is 0 Å². The number of nitrogens with zero attached hydrogens (tertiary/aromatic N) is 4. The highest BCUT2D eigenvalue weighted by molar-refractivity contribution is 7.89. The van der Waals surface area contributed by atoms with Gasteiger partial charge in [-0.1, -0.05) is 35.9 Å². The first-order valence-electron chi connectivity index (χ1n) is 8.76. The largest absolute Gasteiger partial charge is 0.243 e. The van der Waals surface area contributed by atoms with Crippen molar-refractivity contribution >= 4 is 21.6 Å². The van der Waals surface area contributed by atoms with Crippen LogP contribution in [0.2, 0.25) is 5.02 Å². The van der Waals surface area contributed by atoms with Gasteiger partial charge in [0, 0.05) is 18.1 Å². The SMILES string of the molecule is O=S(=O)(c1ccc(-c2cccc(Cl)c2)cc1)N1CCC(n2nccn2)CC1. The fraction of sp³-hybridized carbons (Fsp3) is 0.263. The topological polar surface area (TPSA) is 68.1 Å². The Morgan fingerprint density at radius 2 is 1.59 bits per heavy atom. The fourth-order valence-electron chi connectivity index (χ4n) is 3.36. The minimum absolute atomic E-state index is 0.150. The first-order valence-corrected chi connectivity index (χ1v) is 10.6. The molecule has 2 heterocycles. The quantitative estimate of drug-likeness (QED) is 0.668. The Balaban J connectivity index is 1.49. The number of sulfonamides is 1. The van der Waals surface area contributed by atoms with Crippen LogP contribution in [0.5, 0.6) is 0 Å². The average Bonchev–Trinajstić information content (AvgIpc) is 3.23. The zero-order valence-electron chi connectivity index (χ0n) is 14.6. The molecule has 8 heteroatoms. The van der Waals surface area contributed by atoms with Gasteiger partial charge in [-0.2, -0.15) is 19.3 Å². The van der Waals surface area contributed by atoms with Gasteiger partial charge in [0.1, 0.15) is 0 Å². The Hall–Kier alpha value is -2.22. The summed E-state index contributed by atoms with van der Waals surface area (Å²) in [5, 5.41) is 8.97. The van der Waals surface area contributed by atoms with Crippen LogP contribution in [0.3, 0.4) is 0 Å². The summed E-state index contributed by atoms with van der Waals surface area (Å²) < 4.78 is 27.4. The van der Waals surface area contributed by atoms with E-state index >= 15 is 0 Å². The van der Waals surface area contributed by atoms with Gasteiger partial charge in [0.25, 0.3) is 0 Å². The van der Waals surface area contributed by atoms with Gasteiger partial charge >= 0.3 is 0 Å². The van der Waals surface area contributed by atoms with Crippen molar-refractivity contribution in [1.82, 2.24) is 19.3 Å². The highest BCUT2D eigenvalue weighted by atomic mass is 35.5. The third-order valence-corrected chi connectivity index (χ3v) is 6.98. The minimum atomic E-state index is -3.50. The molecule has 0 saturated carbocycles. The lowest BCUT2D eigenvalue weighted by atomic mass is 10.1. The maximum absolute atomic E-state index is 12.9. The molecule has 0 atom stereocenters. The predicted octanol–water partition coefficient (Wildman–Crippen LogP) is 3.62. The highest BCUT2D eigenvalue weighted by Crippen LogP contribution is 2.28. The van der Waals surface area contributed by atoms with Crippen LogP contribution < -0.4 is 0 Å². The number of piperidine rings is 1. The van der Waals surface area contributed by atoms with Crippen LogP contribution in [0.4, 0.5) is 0 Å². The van der Waals surface area contributed by atoms with E-state index in [4.69, 9.17) is 11.6 Å². The summed E-state index contributed by atoms with van der Waals surface area (Å²) in [6, 6.07) is 14.6. The molecule has 140 valence electrons. The van der Waals surface area contributed by atoms with Gasteiger partial charge in [0.15, 0.2) is 0 Å². The molecule has 0 spiro atoms. The number of aromatic nitrogens is 3. The van der Waals surface area contributed by atoms with Gasteiger partial charge in [-0.25, -0.2) is 8.42 Å². The molecule has 0 radical (unpaired) electrons. The lowest BCUT2D eigenvalue weighted by Gasteiger charge is -2.30. The standard InChI is InChI=1S/C19H19ClN4O2S/c20-17-3-1-2-16(14-17)15-4-6-19(7-5-15)27(25,26)23-12-8-18(9-13-23)24-21-10-11-22-24/h1-7,10-11,14,18H,8-9,12-13H2. The Bertz CT molecular complexity index is 1010. The second kappa shape index (κ2) is 7.42. The smallest absolute Gasteiger partial charge is 0.207 e. The molecule has 0 N–H and O–H groups in total. The molecule has 27 heavy (non-hydrogen) atoms. The molecule has 4 rings (SSSR count). The van der Waals surface area contributed by atoms with Crippen LogP contribution in [0.25, 0.3) is 11.1 Å². The van der Waals surface area contributed by atoms with Gasteiger partial charge in [-0.15, -0.1) is 0 Å². The van der Waals surface area contributed by atoms with E-state index in [2.05, 4.69) is 10.2 Å². The van der Waals surface area contributed by atoms with Crippen molar-refractivity contribution in [3.63, 3.8) is 0 Å². The van der Waals surface area contributed by atoms with E-state index in [0.29, 0.717) is 35.8 Å². The third kappa shape index (κ3) is 3.76. The molecule has 1 aromatic heterocycles. The van der Waals surface area contributed by atoms with Crippen molar-refractivity contribution in [2.75, 3.05) is 13.1 Å². The molecule has 1 fully saturated rings. The van der Waals surface area contributed by atoms with E-state index in [9.17, 15) is 8.42 Å². The fourth-order valence-corrected chi connectivity index (χ4v) is 5.02. The third-order valence-electron chi connectivity index (χ3n) is 4.84. The summed E-state index contributed by atoms with van der Waals surface area (Å²) in [6.07, 6.45) is 4.69. The summed E-state index contributed by atoms with van der Waals surface area (Å²) >= 11 is 6.04. The molecule has 1 aliphatic heterocycles. The van der Waals surface area contributed by atoms with E-state index < -0.39 is 10.0 Å². The van der Waals surface area contributed by atoms with E-state index in [1.807, 2.05) is 36.4 Å². The van der Waals surface area contributed by atoms with E-state index in [-0.39, 0.29) is 6.04 Å². The van der Waals surface area contributed by atoms with Crippen LogP contribution in [0.15, 0.2) is 65.8 Å². The monoisotopic (exact) mass is 402 g/mol. The molecule has 1 saturated heterocycles. The van der Waals surface area contributed by atoms with Crippen molar-refractivity contribution in [1.29, 1.82) is 0 Å². The molecule has 1 aliphatic rings. The molecule has 3 aromatic rings. The molecular formula is C19H19ClN4O2S. The van der Waals surface area contributed by atoms with Crippen LogP contribution in [-0.2, 0) is 10.0 Å². The van der Waals surface area contributed by atoms with Crippen LogP contribution in [0, 0.1) is 0 Å². The molecular weight excluding hydrogens is 384 g/mol. The minimum Gasteiger partial charge on any atom is -0.207 e. The molecule has 0 bridgehead atoms.